The third-order valence-electron chi connectivity index (χ3n) is 4.28. The average Bonchev–Trinajstić information content (AvgIpc) is 2.62. The second kappa shape index (κ2) is 6.89. The van der Waals surface area contributed by atoms with Crippen molar-refractivity contribution in [2.24, 2.45) is 0 Å². The summed E-state index contributed by atoms with van der Waals surface area (Å²) >= 11 is 0. The number of nitrogens with zero attached hydrogens (tertiary/aromatic N) is 2. The van der Waals surface area contributed by atoms with Gasteiger partial charge in [0.15, 0.2) is 0 Å². The van der Waals surface area contributed by atoms with Crippen molar-refractivity contribution in [3.8, 4) is 0 Å². The molecule has 0 aliphatic carbocycles. The predicted octanol–water partition coefficient (Wildman–Crippen LogP) is 3.54. The minimum absolute atomic E-state index is 0.0939. The Kier molecular flexibility index (Phi) is 4.65. The largest absolute Gasteiger partial charge is 0.322 e. The Balaban J connectivity index is 1.97. The fraction of sp³-hybridized carbons (Fsp3) is 0.250. The first-order valence-electron chi connectivity index (χ1n) is 8.45. The van der Waals surface area contributed by atoms with E-state index in [1.54, 1.807) is 29.7 Å². The first-order chi connectivity index (χ1) is 12.0. The van der Waals surface area contributed by atoms with E-state index in [1.165, 1.54) is 5.56 Å². The van der Waals surface area contributed by atoms with Crippen molar-refractivity contribution in [1.82, 2.24) is 9.55 Å². The molecule has 0 aliphatic heterocycles. The van der Waals surface area contributed by atoms with E-state index in [4.69, 9.17) is 0 Å². The zero-order valence-electron chi connectivity index (χ0n) is 14.7. The maximum atomic E-state index is 12.6. The van der Waals surface area contributed by atoms with Gasteiger partial charge < -0.3 is 9.88 Å². The summed E-state index contributed by atoms with van der Waals surface area (Å²) in [6, 6.07) is 13.0. The van der Waals surface area contributed by atoms with Crippen LogP contribution in [0.15, 0.2) is 47.3 Å². The Bertz CT molecular complexity index is 1010. The van der Waals surface area contributed by atoms with Crippen molar-refractivity contribution in [2.45, 2.75) is 33.7 Å². The Morgan fingerprint density at radius 2 is 1.96 bits per heavy atom. The van der Waals surface area contributed by atoms with Gasteiger partial charge in [-0.15, -0.1) is 0 Å². The van der Waals surface area contributed by atoms with Gasteiger partial charge in [-0.2, -0.15) is 0 Å². The third kappa shape index (κ3) is 3.31. The molecule has 0 fully saturated rings. The van der Waals surface area contributed by atoms with Crippen molar-refractivity contribution in [2.75, 3.05) is 5.32 Å². The molecule has 1 heterocycles. The summed E-state index contributed by atoms with van der Waals surface area (Å²) in [6.07, 6.45) is 0.914. The van der Waals surface area contributed by atoms with Crippen LogP contribution in [0.2, 0.25) is 0 Å². The van der Waals surface area contributed by atoms with Gasteiger partial charge in [0.1, 0.15) is 5.69 Å². The molecule has 0 saturated heterocycles. The molecule has 0 bridgehead atoms. The first-order valence-corrected chi connectivity index (χ1v) is 8.45. The van der Waals surface area contributed by atoms with Crippen LogP contribution < -0.4 is 10.9 Å². The Hall–Kier alpha value is -2.95. The van der Waals surface area contributed by atoms with E-state index in [1.807, 2.05) is 31.2 Å². The molecule has 1 amide bonds. The van der Waals surface area contributed by atoms with Crippen LogP contribution in [-0.2, 0) is 13.0 Å². The van der Waals surface area contributed by atoms with Gasteiger partial charge in [0, 0.05) is 17.8 Å². The number of hydrogen-bond donors (Lipinski definition) is 1. The summed E-state index contributed by atoms with van der Waals surface area (Å²) in [7, 11) is 0. The summed E-state index contributed by atoms with van der Waals surface area (Å²) in [5.74, 6) is -0.191. The highest BCUT2D eigenvalue weighted by molar-refractivity contribution is 6.05. The number of carbonyl (C=O) groups excluding carboxylic acids is 1. The van der Waals surface area contributed by atoms with E-state index >= 15 is 0 Å². The van der Waals surface area contributed by atoms with Crippen LogP contribution in [-0.4, -0.2) is 15.5 Å². The van der Waals surface area contributed by atoms with Crippen molar-refractivity contribution >= 4 is 22.6 Å². The lowest BCUT2D eigenvalue weighted by molar-refractivity contribution is 0.102. The molecule has 0 aliphatic rings. The van der Waals surface area contributed by atoms with Crippen molar-refractivity contribution < 1.29 is 4.79 Å². The van der Waals surface area contributed by atoms with E-state index in [2.05, 4.69) is 17.2 Å². The van der Waals surface area contributed by atoms with Crippen molar-refractivity contribution in [1.29, 1.82) is 0 Å². The van der Waals surface area contributed by atoms with Gasteiger partial charge in [0.25, 0.3) is 11.5 Å². The third-order valence-corrected chi connectivity index (χ3v) is 4.28. The molecule has 5 heteroatoms. The molecule has 1 aromatic heterocycles. The molecule has 0 spiro atoms. The summed E-state index contributed by atoms with van der Waals surface area (Å²) in [5, 5.41) is 2.92. The fourth-order valence-corrected chi connectivity index (χ4v) is 2.90. The highest BCUT2D eigenvalue weighted by atomic mass is 16.1. The molecule has 25 heavy (non-hydrogen) atoms. The molecule has 0 saturated carbocycles. The number of benzene rings is 2. The molecule has 1 N–H and O–H groups in total. The maximum absolute atomic E-state index is 12.6. The minimum Gasteiger partial charge on any atom is -0.322 e. The lowest BCUT2D eigenvalue weighted by Crippen LogP contribution is -2.23. The highest BCUT2D eigenvalue weighted by Crippen LogP contribution is 2.16. The van der Waals surface area contributed by atoms with Gasteiger partial charge in [-0.25, -0.2) is 4.98 Å². The normalized spacial score (nSPS) is 10.8. The minimum atomic E-state index is -0.191. The van der Waals surface area contributed by atoms with E-state index < -0.39 is 0 Å². The SMILES string of the molecule is CCc1cccc(NC(=O)c2ccc3c(c2)nc(C)c(=O)n3CC)c1. The zero-order chi connectivity index (χ0) is 18.0. The number of aromatic nitrogens is 2. The Morgan fingerprint density at radius 1 is 1.16 bits per heavy atom. The van der Waals surface area contributed by atoms with Crippen molar-refractivity contribution in [3.05, 3.63) is 69.6 Å². The van der Waals surface area contributed by atoms with Crippen LogP contribution in [0.25, 0.3) is 11.0 Å². The van der Waals surface area contributed by atoms with Gasteiger partial charge in [-0.05, 0) is 56.2 Å². The standard InChI is InChI=1S/C20H21N3O2/c1-4-14-7-6-8-16(11-14)22-19(24)15-9-10-18-17(12-15)21-13(3)20(25)23(18)5-2/h6-12H,4-5H2,1-3H3,(H,22,24). The number of anilines is 1. The van der Waals surface area contributed by atoms with E-state index in [0.29, 0.717) is 23.3 Å². The van der Waals surface area contributed by atoms with Crippen molar-refractivity contribution in [3.63, 3.8) is 0 Å². The second-order valence-corrected chi connectivity index (χ2v) is 5.96. The predicted molar refractivity (Wildman–Crippen MR) is 100 cm³/mol. The number of carbonyl (C=O) groups is 1. The zero-order valence-corrected chi connectivity index (χ0v) is 14.7. The van der Waals surface area contributed by atoms with E-state index in [9.17, 15) is 9.59 Å². The Labute approximate surface area is 146 Å². The summed E-state index contributed by atoms with van der Waals surface area (Å²) in [6.45, 7) is 6.25. The molecule has 0 atom stereocenters. The van der Waals surface area contributed by atoms with E-state index in [-0.39, 0.29) is 11.5 Å². The van der Waals surface area contributed by atoms with Gasteiger partial charge in [0.05, 0.1) is 11.0 Å². The lowest BCUT2D eigenvalue weighted by Gasteiger charge is -2.11. The smallest absolute Gasteiger partial charge is 0.272 e. The molecular formula is C20H21N3O2. The highest BCUT2D eigenvalue weighted by Gasteiger charge is 2.11. The molecule has 5 nitrogen and oxygen atoms in total. The summed E-state index contributed by atoms with van der Waals surface area (Å²) < 4.78 is 1.67. The topological polar surface area (TPSA) is 64.0 Å². The molecule has 2 aromatic carbocycles. The van der Waals surface area contributed by atoms with Crippen LogP contribution in [0.1, 0.15) is 35.5 Å². The number of aryl methyl sites for hydroxylation is 3. The number of fused-ring (bicyclic) bond motifs is 1. The summed E-state index contributed by atoms with van der Waals surface area (Å²) in [5.41, 5.74) is 4.18. The van der Waals surface area contributed by atoms with E-state index in [0.717, 1.165) is 17.6 Å². The van der Waals surface area contributed by atoms with Crippen LogP contribution in [0.3, 0.4) is 0 Å². The van der Waals surface area contributed by atoms with Crippen LogP contribution >= 0.6 is 0 Å². The van der Waals surface area contributed by atoms with Crippen LogP contribution in [0.4, 0.5) is 5.69 Å². The number of rotatable bonds is 4. The molecule has 3 aromatic rings. The second-order valence-electron chi connectivity index (χ2n) is 5.96. The first kappa shape index (κ1) is 16.9. The number of nitrogens with one attached hydrogen (secondary N) is 1. The Morgan fingerprint density at radius 3 is 2.68 bits per heavy atom. The van der Waals surface area contributed by atoms with Gasteiger partial charge in [0.2, 0.25) is 0 Å². The van der Waals surface area contributed by atoms with Gasteiger partial charge >= 0.3 is 0 Å². The fourth-order valence-electron chi connectivity index (χ4n) is 2.90. The summed E-state index contributed by atoms with van der Waals surface area (Å²) in [4.78, 5) is 29.1. The lowest BCUT2D eigenvalue weighted by atomic mass is 10.1. The van der Waals surface area contributed by atoms with Crippen LogP contribution in [0.5, 0.6) is 0 Å². The molecule has 3 rings (SSSR count). The van der Waals surface area contributed by atoms with Gasteiger partial charge in [-0.1, -0.05) is 19.1 Å². The molecule has 128 valence electrons. The number of amides is 1. The molecule has 0 unspecified atom stereocenters. The number of hydrogen-bond acceptors (Lipinski definition) is 3. The average molecular weight is 335 g/mol. The monoisotopic (exact) mass is 335 g/mol. The quantitative estimate of drug-likeness (QED) is 0.793. The maximum Gasteiger partial charge on any atom is 0.272 e. The molecular weight excluding hydrogens is 314 g/mol. The molecule has 0 radical (unpaired) electrons. The van der Waals surface area contributed by atoms with Crippen LogP contribution in [0, 0.1) is 6.92 Å². The van der Waals surface area contributed by atoms with Gasteiger partial charge in [-0.3, -0.25) is 9.59 Å².